The summed E-state index contributed by atoms with van der Waals surface area (Å²) in [6, 6.07) is 5.50. The molecule has 1 atom stereocenters. The lowest BCUT2D eigenvalue weighted by Gasteiger charge is -2.08. The third kappa shape index (κ3) is 1.72. The molecule has 3 heterocycles. The molecule has 1 unspecified atom stereocenters. The number of hydrogen-bond acceptors (Lipinski definition) is 3. The minimum atomic E-state index is -0.984. The van der Waals surface area contributed by atoms with Crippen LogP contribution in [0.5, 0.6) is 0 Å². The summed E-state index contributed by atoms with van der Waals surface area (Å²) in [5, 5.41) is 12.5. The zero-order valence-corrected chi connectivity index (χ0v) is 11.1. The minimum Gasteiger partial charge on any atom is -0.476 e. The van der Waals surface area contributed by atoms with Crippen molar-refractivity contribution in [1.29, 1.82) is 0 Å². The highest BCUT2D eigenvalue weighted by atomic mass is 79.9. The Kier molecular flexibility index (Phi) is 2.83. The number of carbonyl (C=O) groups is 1. The van der Waals surface area contributed by atoms with E-state index in [1.165, 1.54) is 0 Å². The van der Waals surface area contributed by atoms with Crippen molar-refractivity contribution in [3.63, 3.8) is 0 Å². The molecule has 2 N–H and O–H groups in total. The average Bonchev–Trinajstić information content (AvgIpc) is 2.95. The van der Waals surface area contributed by atoms with Gasteiger partial charge in [-0.25, -0.2) is 9.78 Å². The zero-order valence-electron chi connectivity index (χ0n) is 9.56. The van der Waals surface area contributed by atoms with E-state index in [0.717, 1.165) is 29.9 Å². The van der Waals surface area contributed by atoms with Gasteiger partial charge in [0, 0.05) is 12.5 Å². The molecule has 0 bridgehead atoms. The van der Waals surface area contributed by atoms with Gasteiger partial charge in [0.15, 0.2) is 5.69 Å². The molecule has 0 saturated carbocycles. The number of nitrogens with zero attached hydrogens (tertiary/aromatic N) is 2. The molecule has 0 spiro atoms. The molecule has 1 saturated heterocycles. The third-order valence-corrected chi connectivity index (χ3v) is 3.89. The molecule has 0 amide bonds. The summed E-state index contributed by atoms with van der Waals surface area (Å²) >= 11 is 3.47. The maximum absolute atomic E-state index is 11.2. The predicted molar refractivity (Wildman–Crippen MR) is 70.1 cm³/mol. The van der Waals surface area contributed by atoms with Gasteiger partial charge in [-0.3, -0.25) is 4.40 Å². The summed E-state index contributed by atoms with van der Waals surface area (Å²) in [5.74, 6) is 0.104. The maximum Gasteiger partial charge on any atom is 0.356 e. The van der Waals surface area contributed by atoms with E-state index in [1.807, 2.05) is 16.5 Å². The van der Waals surface area contributed by atoms with Crippen LogP contribution >= 0.6 is 15.9 Å². The Morgan fingerprint density at radius 2 is 2.39 bits per heavy atom. The molecule has 1 fully saturated rings. The summed E-state index contributed by atoms with van der Waals surface area (Å²) in [6.45, 7) is 1.80. The molecule has 3 rings (SSSR count). The highest BCUT2D eigenvalue weighted by Crippen LogP contribution is 2.27. The van der Waals surface area contributed by atoms with Gasteiger partial charge in [-0.1, -0.05) is 6.07 Å². The number of nitrogens with one attached hydrogen (secondary N) is 1. The first-order valence-electron chi connectivity index (χ1n) is 5.79. The van der Waals surface area contributed by atoms with E-state index in [2.05, 4.69) is 26.2 Å². The van der Waals surface area contributed by atoms with Crippen molar-refractivity contribution in [2.75, 3.05) is 13.1 Å². The molecule has 5 nitrogen and oxygen atoms in total. The number of imidazole rings is 1. The van der Waals surface area contributed by atoms with Crippen LogP contribution in [0.2, 0.25) is 0 Å². The molecule has 2 aromatic heterocycles. The van der Waals surface area contributed by atoms with E-state index in [4.69, 9.17) is 0 Å². The van der Waals surface area contributed by atoms with Crippen molar-refractivity contribution in [3.05, 3.63) is 34.3 Å². The highest BCUT2D eigenvalue weighted by molar-refractivity contribution is 9.10. The molecule has 0 radical (unpaired) electrons. The zero-order chi connectivity index (χ0) is 12.7. The van der Waals surface area contributed by atoms with Gasteiger partial charge in [-0.15, -0.1) is 0 Å². The van der Waals surface area contributed by atoms with Crippen LogP contribution < -0.4 is 5.32 Å². The normalized spacial score (nSPS) is 19.5. The van der Waals surface area contributed by atoms with Gasteiger partial charge in [0.25, 0.3) is 0 Å². The van der Waals surface area contributed by atoms with E-state index >= 15 is 0 Å². The highest BCUT2D eigenvalue weighted by Gasteiger charge is 2.25. The Bertz CT molecular complexity index is 617. The van der Waals surface area contributed by atoms with Crippen molar-refractivity contribution in [3.8, 4) is 0 Å². The molecule has 0 aromatic carbocycles. The fourth-order valence-corrected chi connectivity index (χ4v) is 2.95. The lowest BCUT2D eigenvalue weighted by Crippen LogP contribution is -2.10. The van der Waals surface area contributed by atoms with E-state index < -0.39 is 5.97 Å². The Balaban J connectivity index is 2.27. The SMILES string of the molecule is O=C(O)c1nc(C2CCNC2)n2c(Br)cccc12. The second kappa shape index (κ2) is 4.37. The average molecular weight is 310 g/mol. The minimum absolute atomic E-state index is 0.123. The molecule has 0 aliphatic carbocycles. The van der Waals surface area contributed by atoms with Gasteiger partial charge < -0.3 is 10.4 Å². The Hall–Kier alpha value is -1.40. The van der Waals surface area contributed by atoms with Crippen LogP contribution in [-0.2, 0) is 0 Å². The van der Waals surface area contributed by atoms with Crippen LogP contribution in [0.25, 0.3) is 5.52 Å². The molecule has 1 aliphatic rings. The van der Waals surface area contributed by atoms with Gasteiger partial charge in [0.05, 0.1) is 10.1 Å². The van der Waals surface area contributed by atoms with Crippen LogP contribution in [0, 0.1) is 0 Å². The van der Waals surface area contributed by atoms with Crippen molar-refractivity contribution >= 4 is 27.4 Å². The molecular weight excluding hydrogens is 298 g/mol. The first-order chi connectivity index (χ1) is 8.68. The van der Waals surface area contributed by atoms with Crippen LogP contribution in [-0.4, -0.2) is 33.6 Å². The number of halogens is 1. The summed E-state index contributed by atoms with van der Waals surface area (Å²) in [4.78, 5) is 15.6. The van der Waals surface area contributed by atoms with Crippen molar-refractivity contribution in [2.45, 2.75) is 12.3 Å². The van der Waals surface area contributed by atoms with Crippen LogP contribution in [0.4, 0.5) is 0 Å². The van der Waals surface area contributed by atoms with Crippen LogP contribution in [0.15, 0.2) is 22.8 Å². The monoisotopic (exact) mass is 309 g/mol. The fraction of sp³-hybridized carbons (Fsp3) is 0.333. The number of fused-ring (bicyclic) bond motifs is 1. The van der Waals surface area contributed by atoms with E-state index in [1.54, 1.807) is 6.07 Å². The lowest BCUT2D eigenvalue weighted by atomic mass is 10.1. The molecule has 94 valence electrons. The van der Waals surface area contributed by atoms with Crippen molar-refractivity contribution in [1.82, 2.24) is 14.7 Å². The first-order valence-corrected chi connectivity index (χ1v) is 6.58. The van der Waals surface area contributed by atoms with E-state index in [-0.39, 0.29) is 11.6 Å². The number of aromatic carboxylic acids is 1. The van der Waals surface area contributed by atoms with Gasteiger partial charge in [0.2, 0.25) is 0 Å². The van der Waals surface area contributed by atoms with Crippen molar-refractivity contribution < 1.29 is 9.90 Å². The van der Waals surface area contributed by atoms with Gasteiger partial charge in [0.1, 0.15) is 5.82 Å². The van der Waals surface area contributed by atoms with Gasteiger partial charge in [-0.2, -0.15) is 0 Å². The van der Waals surface area contributed by atoms with Crippen LogP contribution in [0.1, 0.15) is 28.7 Å². The topological polar surface area (TPSA) is 66.6 Å². The van der Waals surface area contributed by atoms with Crippen LogP contribution in [0.3, 0.4) is 0 Å². The molecule has 18 heavy (non-hydrogen) atoms. The number of carboxylic acids is 1. The predicted octanol–water partition coefficient (Wildman–Crippen LogP) is 1.87. The summed E-state index contributed by atoms with van der Waals surface area (Å²) in [7, 11) is 0. The second-order valence-corrected chi connectivity index (χ2v) is 5.20. The molecule has 1 aliphatic heterocycles. The van der Waals surface area contributed by atoms with E-state index in [0.29, 0.717) is 5.52 Å². The Labute approximate surface area is 112 Å². The molecule has 2 aromatic rings. The number of pyridine rings is 1. The summed E-state index contributed by atoms with van der Waals surface area (Å²) < 4.78 is 2.73. The number of aromatic nitrogens is 2. The number of carboxylic acid groups (broad SMARTS) is 1. The van der Waals surface area contributed by atoms with Crippen molar-refractivity contribution in [2.24, 2.45) is 0 Å². The summed E-state index contributed by atoms with van der Waals surface area (Å²) in [5.41, 5.74) is 0.761. The standard InChI is InChI=1S/C12H12BrN3O2/c13-9-3-1-2-8-10(12(17)18)15-11(16(8)9)7-4-5-14-6-7/h1-3,7,14H,4-6H2,(H,17,18). The summed E-state index contributed by atoms with van der Waals surface area (Å²) in [6.07, 6.45) is 0.986. The number of hydrogen-bond donors (Lipinski definition) is 2. The number of rotatable bonds is 2. The second-order valence-electron chi connectivity index (χ2n) is 4.38. The lowest BCUT2D eigenvalue weighted by molar-refractivity contribution is 0.0693. The Morgan fingerprint density at radius 1 is 1.56 bits per heavy atom. The Morgan fingerprint density at radius 3 is 3.06 bits per heavy atom. The third-order valence-electron chi connectivity index (χ3n) is 3.27. The largest absolute Gasteiger partial charge is 0.476 e. The fourth-order valence-electron chi connectivity index (χ4n) is 2.43. The van der Waals surface area contributed by atoms with Gasteiger partial charge in [-0.05, 0) is 41.0 Å². The maximum atomic E-state index is 11.2. The first kappa shape index (κ1) is 11.7. The smallest absolute Gasteiger partial charge is 0.356 e. The quantitative estimate of drug-likeness (QED) is 0.831. The molecule has 6 heteroatoms. The van der Waals surface area contributed by atoms with E-state index in [9.17, 15) is 9.90 Å². The molecular formula is C12H12BrN3O2. The van der Waals surface area contributed by atoms with Gasteiger partial charge >= 0.3 is 5.97 Å².